The molecule has 1 aliphatic carbocycles. The third kappa shape index (κ3) is 7.74. The van der Waals surface area contributed by atoms with Gasteiger partial charge in [0.2, 0.25) is 11.7 Å². The van der Waals surface area contributed by atoms with Crippen molar-refractivity contribution in [3.8, 4) is 17.2 Å². The first-order valence-electron chi connectivity index (χ1n) is 20.0. The Morgan fingerprint density at radius 3 is 1.81 bits per heavy atom. The predicted molar refractivity (Wildman–Crippen MR) is 232 cm³/mol. The number of imidazole rings is 1. The molecule has 2 aliphatic rings. The van der Waals surface area contributed by atoms with Crippen LogP contribution in [0.15, 0.2) is 152 Å². The highest BCUT2D eigenvalue weighted by Gasteiger charge is 2.41. The van der Waals surface area contributed by atoms with E-state index in [1.165, 1.54) is 0 Å². The fraction of sp³-hybridized carbons (Fsp3) is 0.224. The summed E-state index contributed by atoms with van der Waals surface area (Å²) in [6.07, 6.45) is 4.67. The molecule has 0 bridgehead atoms. The fourth-order valence-electron chi connectivity index (χ4n) is 8.61. The van der Waals surface area contributed by atoms with Crippen LogP contribution in [0.5, 0.6) is 0 Å². The molecule has 1 saturated heterocycles. The molecule has 2 N–H and O–H groups in total. The van der Waals surface area contributed by atoms with Crippen LogP contribution in [0.2, 0.25) is 0 Å². The molecule has 5 aromatic carbocycles. The summed E-state index contributed by atoms with van der Waals surface area (Å²) in [5.74, 6) is 0.403. The Hall–Kier alpha value is -6.57. The monoisotopic (exact) mass is 799 g/mol. The van der Waals surface area contributed by atoms with Crippen LogP contribution in [0.4, 0.5) is 4.79 Å². The highest BCUT2D eigenvalue weighted by atomic mass is 32.2. The summed E-state index contributed by atoms with van der Waals surface area (Å²) >= 11 is 0. The Labute approximate surface area is 347 Å². The molecule has 2 heterocycles. The number of hydrogen-bond donors (Lipinski definition) is 2. The maximum Gasteiger partial charge on any atom is 0.407 e. The SMILES string of the molecule is CC(NC(=O)OCC1c2ccccc2-c2ccccc21)C(=O)N[C@@H](Cc1cncn1C(c1ccccc1)(c1ccccc1)c1ccccc1)C(=O)C(C#N)=S1CCCC1. The lowest BCUT2D eigenvalue weighted by Gasteiger charge is -2.39. The van der Waals surface area contributed by atoms with Crippen molar-refractivity contribution in [1.29, 1.82) is 5.26 Å². The Bertz CT molecular complexity index is 2400. The van der Waals surface area contributed by atoms with Crippen LogP contribution in [0, 0.1) is 11.3 Å². The van der Waals surface area contributed by atoms with Gasteiger partial charge >= 0.3 is 6.09 Å². The molecule has 59 heavy (non-hydrogen) atoms. The van der Waals surface area contributed by atoms with Crippen LogP contribution in [0.25, 0.3) is 11.1 Å². The van der Waals surface area contributed by atoms with Gasteiger partial charge in [-0.15, -0.1) is 0 Å². The second-order valence-corrected chi connectivity index (χ2v) is 17.1. The zero-order chi connectivity index (χ0) is 40.8. The van der Waals surface area contributed by atoms with Gasteiger partial charge in [-0.25, -0.2) is 9.78 Å². The average Bonchev–Trinajstić information content (AvgIpc) is 4.05. The molecule has 10 heteroatoms. The van der Waals surface area contributed by atoms with E-state index >= 15 is 0 Å². The Morgan fingerprint density at radius 1 is 0.780 bits per heavy atom. The van der Waals surface area contributed by atoms with Gasteiger partial charge in [-0.2, -0.15) is 15.7 Å². The van der Waals surface area contributed by atoms with E-state index in [0.29, 0.717) is 5.69 Å². The Kier molecular flexibility index (Phi) is 11.7. The first-order valence-corrected chi connectivity index (χ1v) is 21.5. The number of nitrogens with one attached hydrogen (secondary N) is 2. The predicted octanol–water partition coefficient (Wildman–Crippen LogP) is 8.01. The topological polar surface area (TPSA) is 126 Å². The number of fused-ring (bicyclic) bond motifs is 3. The zero-order valence-electron chi connectivity index (χ0n) is 32.8. The molecule has 0 radical (unpaired) electrons. The summed E-state index contributed by atoms with van der Waals surface area (Å²) in [5, 5.41) is 16.0. The normalized spacial score (nSPS) is 14.6. The Balaban J connectivity index is 1.09. The van der Waals surface area contributed by atoms with Crippen molar-refractivity contribution in [2.24, 2.45) is 0 Å². The number of alkyl carbamates (subject to hydrolysis) is 1. The van der Waals surface area contributed by atoms with Crippen molar-refractivity contribution in [1.82, 2.24) is 20.2 Å². The van der Waals surface area contributed by atoms with E-state index in [9.17, 15) is 19.6 Å². The van der Waals surface area contributed by atoms with Crippen molar-refractivity contribution >= 4 is 33.1 Å². The van der Waals surface area contributed by atoms with Crippen LogP contribution in [-0.4, -0.2) is 62.4 Å². The van der Waals surface area contributed by atoms with Gasteiger partial charge in [-0.1, -0.05) is 140 Å². The Morgan fingerprint density at radius 2 is 1.29 bits per heavy atom. The zero-order valence-corrected chi connectivity index (χ0v) is 33.6. The number of hydrogen-bond acceptors (Lipinski definition) is 6. The summed E-state index contributed by atoms with van der Waals surface area (Å²) < 4.78 is 7.82. The van der Waals surface area contributed by atoms with Crippen LogP contribution in [0.3, 0.4) is 0 Å². The van der Waals surface area contributed by atoms with Gasteiger partial charge in [0.25, 0.3) is 0 Å². The van der Waals surface area contributed by atoms with Crippen LogP contribution in [-0.2, 0) is 26.3 Å². The number of benzene rings is 5. The molecule has 1 unspecified atom stereocenters. The largest absolute Gasteiger partial charge is 0.449 e. The number of nitrogens with zero attached hydrogens (tertiary/aromatic N) is 3. The number of ether oxygens (including phenoxy) is 1. The van der Waals surface area contributed by atoms with Gasteiger partial charge in [0, 0.05) is 24.2 Å². The lowest BCUT2D eigenvalue weighted by molar-refractivity contribution is -0.126. The van der Waals surface area contributed by atoms with E-state index in [-0.39, 0.29) is 23.8 Å². The number of Topliss-reactive ketones (excluding diaryl/α,β-unsaturated/α-hetero) is 1. The van der Waals surface area contributed by atoms with Crippen LogP contribution >= 0.6 is 10.5 Å². The number of ketones is 1. The van der Waals surface area contributed by atoms with E-state index in [1.54, 1.807) is 19.4 Å². The fourth-order valence-corrected chi connectivity index (χ4v) is 10.9. The lowest BCUT2D eigenvalue weighted by Crippen LogP contribution is -2.52. The molecular weight excluding hydrogens is 755 g/mol. The molecule has 0 spiro atoms. The number of aromatic nitrogens is 2. The third-order valence-electron chi connectivity index (χ3n) is 11.4. The minimum atomic E-state index is -1.12. The number of carbonyl (C=O) groups excluding carboxylic acids is 3. The van der Waals surface area contributed by atoms with Gasteiger partial charge < -0.3 is 19.9 Å². The van der Waals surface area contributed by atoms with E-state index < -0.39 is 45.9 Å². The maximum atomic E-state index is 14.6. The van der Waals surface area contributed by atoms with Crippen molar-refractivity contribution in [3.63, 3.8) is 0 Å². The van der Waals surface area contributed by atoms with Gasteiger partial charge in [0.1, 0.15) is 29.1 Å². The van der Waals surface area contributed by atoms with Crippen LogP contribution in [0.1, 0.15) is 59.2 Å². The van der Waals surface area contributed by atoms with Gasteiger partial charge in [-0.3, -0.25) is 9.59 Å². The molecule has 8 rings (SSSR count). The second-order valence-electron chi connectivity index (χ2n) is 14.9. The molecule has 296 valence electrons. The molecule has 1 aromatic heterocycles. The molecule has 1 fully saturated rings. The molecule has 2 amide bonds. The summed E-state index contributed by atoms with van der Waals surface area (Å²) in [6, 6.07) is 46.6. The first-order chi connectivity index (χ1) is 28.9. The summed E-state index contributed by atoms with van der Waals surface area (Å²) in [5.41, 5.74) is 7.06. The summed E-state index contributed by atoms with van der Waals surface area (Å²) in [7, 11) is -0.503. The first kappa shape index (κ1) is 39.3. The van der Waals surface area contributed by atoms with Crippen molar-refractivity contribution in [2.45, 2.75) is 49.7 Å². The smallest absolute Gasteiger partial charge is 0.407 e. The highest BCUT2D eigenvalue weighted by Crippen LogP contribution is 2.45. The van der Waals surface area contributed by atoms with E-state index in [1.807, 2.05) is 91.0 Å². The average molecular weight is 800 g/mol. The number of nitriles is 1. The third-order valence-corrected chi connectivity index (χ3v) is 13.8. The van der Waals surface area contributed by atoms with Gasteiger partial charge in [-0.05, 0) is 70.2 Å². The van der Waals surface area contributed by atoms with E-state index in [2.05, 4.69) is 74.8 Å². The second kappa shape index (κ2) is 17.5. The molecule has 6 aromatic rings. The molecule has 1 aliphatic heterocycles. The number of rotatable bonds is 13. The van der Waals surface area contributed by atoms with Crippen LogP contribution < -0.4 is 10.6 Å². The van der Waals surface area contributed by atoms with E-state index in [0.717, 1.165) is 63.3 Å². The lowest BCUT2D eigenvalue weighted by atomic mass is 9.76. The summed E-state index contributed by atoms with van der Waals surface area (Å²) in [4.78, 5) is 46.7. The maximum absolute atomic E-state index is 14.6. The highest BCUT2D eigenvalue weighted by molar-refractivity contribution is 8.17. The quantitative estimate of drug-likeness (QED) is 0.0901. The number of carbonyl (C=O) groups is 3. The summed E-state index contributed by atoms with van der Waals surface area (Å²) in [6.45, 7) is 1.65. The van der Waals surface area contributed by atoms with Gasteiger partial charge in [0.15, 0.2) is 0 Å². The minimum absolute atomic E-state index is 0.0405. The standard InChI is InChI=1S/C49H45N5O4S/c1-34(52-48(57)58-32-43-41-25-13-11-23-39(41)40-24-12-14-26-42(40)43)47(56)53-44(46(55)45(30-50)59-27-15-16-28-59)29-38-31-51-33-54(38)49(35-17-5-2-6-18-35,36-19-7-3-8-20-36)37-21-9-4-10-22-37/h2-14,17-26,31,33-34,43-44H,15-16,27-29,32H2,1H3,(H,52,57)(H,53,56)/t34?,44-/m0/s1. The van der Waals surface area contributed by atoms with Crippen molar-refractivity contribution in [2.75, 3.05) is 18.1 Å². The molecule has 0 saturated carbocycles. The van der Waals surface area contributed by atoms with Gasteiger partial charge in [0.05, 0.1) is 12.4 Å². The van der Waals surface area contributed by atoms with Crippen molar-refractivity contribution < 1.29 is 19.1 Å². The molecule has 9 nitrogen and oxygen atoms in total. The van der Waals surface area contributed by atoms with E-state index in [4.69, 9.17) is 4.74 Å². The minimum Gasteiger partial charge on any atom is -0.449 e. The molecular formula is C49H45N5O4S. The number of amides is 2. The molecule has 2 atom stereocenters. The van der Waals surface area contributed by atoms with Crippen molar-refractivity contribution in [3.05, 3.63) is 186 Å².